The molecule has 1 aliphatic rings. The van der Waals surface area contributed by atoms with Crippen molar-refractivity contribution in [1.29, 1.82) is 0 Å². The fraction of sp³-hybridized carbons (Fsp3) is 0.526. The Morgan fingerprint density at radius 2 is 2.17 bits per heavy atom. The van der Waals surface area contributed by atoms with Gasteiger partial charge in [0, 0.05) is 36.8 Å². The minimum absolute atomic E-state index is 0.673. The van der Waals surface area contributed by atoms with E-state index < -0.39 is 0 Å². The normalized spacial score (nSPS) is 19.9. The number of nitrogens with zero attached hydrogens (tertiary/aromatic N) is 3. The van der Waals surface area contributed by atoms with Gasteiger partial charge in [0.15, 0.2) is 0 Å². The molecule has 1 aliphatic heterocycles. The minimum atomic E-state index is 0.673. The average Bonchev–Trinajstić information content (AvgIpc) is 2.82. The van der Waals surface area contributed by atoms with Gasteiger partial charge in [0.05, 0.1) is 5.69 Å². The Kier molecular flexibility index (Phi) is 5.81. The number of thiophene rings is 1. The molecule has 1 fully saturated rings. The lowest BCUT2D eigenvalue weighted by Gasteiger charge is -2.27. The summed E-state index contributed by atoms with van der Waals surface area (Å²) < 4.78 is 0. The molecule has 0 aliphatic carbocycles. The van der Waals surface area contributed by atoms with Crippen LogP contribution in [0.3, 0.4) is 0 Å². The summed E-state index contributed by atoms with van der Waals surface area (Å²) in [5, 5.41) is 2.21. The van der Waals surface area contributed by atoms with Gasteiger partial charge in [0.25, 0.3) is 0 Å². The van der Waals surface area contributed by atoms with Crippen molar-refractivity contribution in [3.63, 3.8) is 0 Å². The summed E-state index contributed by atoms with van der Waals surface area (Å²) in [5.74, 6) is 0. The maximum atomic E-state index is 4.46. The maximum Gasteiger partial charge on any atom is 0.0543 e. The molecule has 4 heteroatoms. The fourth-order valence-corrected chi connectivity index (χ4v) is 4.33. The van der Waals surface area contributed by atoms with Crippen molar-refractivity contribution in [2.75, 3.05) is 20.1 Å². The number of likely N-dealkylation sites (tertiary alicyclic amines) is 1. The van der Waals surface area contributed by atoms with E-state index in [9.17, 15) is 0 Å². The summed E-state index contributed by atoms with van der Waals surface area (Å²) >= 11 is 1.90. The molecule has 0 spiro atoms. The van der Waals surface area contributed by atoms with Gasteiger partial charge in [0.2, 0.25) is 0 Å². The van der Waals surface area contributed by atoms with E-state index in [-0.39, 0.29) is 0 Å². The maximum absolute atomic E-state index is 4.46. The van der Waals surface area contributed by atoms with Crippen LogP contribution in [0.15, 0.2) is 35.8 Å². The highest BCUT2D eigenvalue weighted by molar-refractivity contribution is 7.10. The molecule has 0 bridgehead atoms. The molecule has 0 radical (unpaired) electrons. The van der Waals surface area contributed by atoms with Crippen LogP contribution >= 0.6 is 11.3 Å². The van der Waals surface area contributed by atoms with Gasteiger partial charge in [-0.2, -0.15) is 0 Å². The second-order valence-electron chi connectivity index (χ2n) is 6.62. The largest absolute Gasteiger partial charge is 0.298 e. The minimum Gasteiger partial charge on any atom is -0.298 e. The molecule has 3 rings (SSSR count). The Hall–Kier alpha value is -1.23. The third-order valence-corrected chi connectivity index (χ3v) is 5.89. The number of pyridine rings is 1. The predicted octanol–water partition coefficient (Wildman–Crippen LogP) is 3.94. The van der Waals surface area contributed by atoms with Crippen LogP contribution in [0.4, 0.5) is 0 Å². The van der Waals surface area contributed by atoms with Gasteiger partial charge in [-0.3, -0.25) is 14.8 Å². The van der Waals surface area contributed by atoms with Crippen molar-refractivity contribution in [3.8, 4) is 0 Å². The summed E-state index contributed by atoms with van der Waals surface area (Å²) in [7, 11) is 2.25. The molecule has 3 heterocycles. The number of hydrogen-bond donors (Lipinski definition) is 0. The molecule has 3 nitrogen and oxygen atoms in total. The van der Waals surface area contributed by atoms with Crippen LogP contribution < -0.4 is 0 Å². The van der Waals surface area contributed by atoms with E-state index in [1.54, 1.807) is 0 Å². The topological polar surface area (TPSA) is 19.4 Å². The van der Waals surface area contributed by atoms with Crippen LogP contribution in [0, 0.1) is 6.92 Å². The molecule has 2 aromatic rings. The third kappa shape index (κ3) is 4.63. The number of hydrogen-bond acceptors (Lipinski definition) is 4. The summed E-state index contributed by atoms with van der Waals surface area (Å²) in [6.45, 7) is 6.74. The highest BCUT2D eigenvalue weighted by atomic mass is 32.1. The van der Waals surface area contributed by atoms with E-state index in [0.29, 0.717) is 6.04 Å². The van der Waals surface area contributed by atoms with Crippen molar-refractivity contribution in [1.82, 2.24) is 14.8 Å². The van der Waals surface area contributed by atoms with E-state index in [1.165, 1.54) is 48.5 Å². The van der Waals surface area contributed by atoms with Crippen molar-refractivity contribution in [2.24, 2.45) is 0 Å². The molecule has 124 valence electrons. The van der Waals surface area contributed by atoms with Gasteiger partial charge in [-0.25, -0.2) is 0 Å². The summed E-state index contributed by atoms with van der Waals surface area (Å²) in [5.41, 5.74) is 2.62. The second kappa shape index (κ2) is 8.04. The van der Waals surface area contributed by atoms with Crippen molar-refractivity contribution in [2.45, 2.75) is 45.3 Å². The molecular weight excluding hydrogens is 302 g/mol. The van der Waals surface area contributed by atoms with Crippen molar-refractivity contribution >= 4 is 11.3 Å². The Morgan fingerprint density at radius 1 is 1.26 bits per heavy atom. The van der Waals surface area contributed by atoms with Crippen LogP contribution in [-0.4, -0.2) is 41.0 Å². The first-order valence-corrected chi connectivity index (χ1v) is 9.46. The van der Waals surface area contributed by atoms with E-state index in [2.05, 4.69) is 52.3 Å². The standard InChI is InChI=1S/C19H27N3S/c1-16-9-13-23-19(16)15-22-11-5-7-18(8-12-22)21(2)14-17-6-3-4-10-20-17/h3-4,6,9-10,13,18H,5,7-8,11-12,14-15H2,1-2H3/t18-/m0/s1. The van der Waals surface area contributed by atoms with Crippen molar-refractivity contribution in [3.05, 3.63) is 52.0 Å². The Morgan fingerprint density at radius 3 is 2.91 bits per heavy atom. The second-order valence-corrected chi connectivity index (χ2v) is 7.62. The van der Waals surface area contributed by atoms with Gasteiger partial charge in [0.1, 0.15) is 0 Å². The van der Waals surface area contributed by atoms with E-state index in [1.807, 2.05) is 23.6 Å². The molecule has 1 atom stereocenters. The highest BCUT2D eigenvalue weighted by Crippen LogP contribution is 2.22. The smallest absolute Gasteiger partial charge is 0.0543 e. The Balaban J connectivity index is 1.52. The molecule has 0 amide bonds. The number of aryl methyl sites for hydroxylation is 1. The summed E-state index contributed by atoms with van der Waals surface area (Å²) in [4.78, 5) is 11.1. The molecule has 23 heavy (non-hydrogen) atoms. The molecule has 0 N–H and O–H groups in total. The first-order valence-electron chi connectivity index (χ1n) is 8.58. The lowest BCUT2D eigenvalue weighted by Crippen LogP contribution is -2.32. The first kappa shape index (κ1) is 16.6. The Labute approximate surface area is 144 Å². The van der Waals surface area contributed by atoms with E-state index in [0.717, 1.165) is 13.1 Å². The zero-order valence-corrected chi connectivity index (χ0v) is 15.1. The van der Waals surface area contributed by atoms with Gasteiger partial charge in [-0.1, -0.05) is 6.07 Å². The zero-order chi connectivity index (χ0) is 16.1. The molecule has 0 saturated carbocycles. The third-order valence-electron chi connectivity index (χ3n) is 4.89. The molecule has 0 aromatic carbocycles. The fourth-order valence-electron chi connectivity index (χ4n) is 3.38. The SMILES string of the molecule is Cc1ccsc1CN1CCC[C@H](N(C)Cc2ccccn2)CC1. The Bertz CT molecular complexity index is 596. The summed E-state index contributed by atoms with van der Waals surface area (Å²) in [6.07, 6.45) is 5.74. The lowest BCUT2D eigenvalue weighted by atomic mass is 10.1. The highest BCUT2D eigenvalue weighted by Gasteiger charge is 2.21. The van der Waals surface area contributed by atoms with Gasteiger partial charge in [-0.05, 0) is 68.9 Å². The quantitative estimate of drug-likeness (QED) is 0.828. The zero-order valence-electron chi connectivity index (χ0n) is 14.2. The predicted molar refractivity (Wildman–Crippen MR) is 97.7 cm³/mol. The van der Waals surface area contributed by atoms with Crippen LogP contribution in [-0.2, 0) is 13.1 Å². The molecular formula is C19H27N3S. The van der Waals surface area contributed by atoms with Gasteiger partial charge < -0.3 is 0 Å². The molecule has 0 unspecified atom stereocenters. The molecule has 1 saturated heterocycles. The van der Waals surface area contributed by atoms with Gasteiger partial charge in [-0.15, -0.1) is 11.3 Å². The van der Waals surface area contributed by atoms with Crippen LogP contribution in [0.25, 0.3) is 0 Å². The monoisotopic (exact) mass is 329 g/mol. The summed E-state index contributed by atoms with van der Waals surface area (Å²) in [6, 6.07) is 9.10. The van der Waals surface area contributed by atoms with Crippen LogP contribution in [0.1, 0.15) is 35.4 Å². The van der Waals surface area contributed by atoms with E-state index in [4.69, 9.17) is 0 Å². The van der Waals surface area contributed by atoms with Crippen LogP contribution in [0.2, 0.25) is 0 Å². The molecule has 2 aromatic heterocycles. The van der Waals surface area contributed by atoms with Crippen molar-refractivity contribution < 1.29 is 0 Å². The van der Waals surface area contributed by atoms with E-state index >= 15 is 0 Å². The average molecular weight is 330 g/mol. The van der Waals surface area contributed by atoms with Gasteiger partial charge >= 0.3 is 0 Å². The van der Waals surface area contributed by atoms with Crippen LogP contribution in [0.5, 0.6) is 0 Å². The first-order chi connectivity index (χ1) is 11.2. The number of rotatable bonds is 5. The number of aromatic nitrogens is 1. The lowest BCUT2D eigenvalue weighted by molar-refractivity contribution is 0.204.